The van der Waals surface area contributed by atoms with Gasteiger partial charge in [0.1, 0.15) is 10.5 Å². The Kier molecular flexibility index (Phi) is 8.91. The topological polar surface area (TPSA) is 26.3 Å². The van der Waals surface area contributed by atoms with Crippen molar-refractivity contribution in [2.24, 2.45) is 0 Å². The number of halogens is 6. The van der Waals surface area contributed by atoms with Crippen LogP contribution in [0.15, 0.2) is 0 Å². The number of esters is 1. The molecule has 0 saturated carbocycles. The predicted molar refractivity (Wildman–Crippen MR) is 71.5 cm³/mol. The number of methoxy groups -OCH3 is 1. The molecule has 0 fully saturated rings. The molecule has 0 aromatic rings. The predicted octanol–water partition coefficient (Wildman–Crippen LogP) is 4.29. The fourth-order valence-electron chi connectivity index (χ4n) is 1.44. The molecule has 0 amide bonds. The van der Waals surface area contributed by atoms with Crippen molar-refractivity contribution in [1.29, 1.82) is 0 Å². The summed E-state index contributed by atoms with van der Waals surface area (Å²) in [7, 11) is 1.05. The molecule has 0 N–H and O–H groups in total. The van der Waals surface area contributed by atoms with Crippen molar-refractivity contribution >= 4 is 29.5 Å². The van der Waals surface area contributed by atoms with E-state index in [4.69, 9.17) is 0 Å². The standard InChI is InChI=1S/C11H16F6O2S2/c1-19-9(18)7(21-6-5-10(12,13)14)3-4-8(20-2)11(15,16)17/h7-8H,3-6H2,1-2H3. The number of thioether (sulfide) groups is 2. The molecular formula is C11H16F6O2S2. The summed E-state index contributed by atoms with van der Waals surface area (Å²) in [5, 5.41) is -2.66. The molecule has 0 heterocycles. The Morgan fingerprint density at radius 1 is 1.14 bits per heavy atom. The highest BCUT2D eigenvalue weighted by Crippen LogP contribution is 2.34. The highest BCUT2D eigenvalue weighted by Gasteiger charge is 2.39. The maximum Gasteiger partial charge on any atom is 0.400 e. The lowest BCUT2D eigenvalue weighted by atomic mass is 10.2. The Morgan fingerprint density at radius 3 is 2.10 bits per heavy atom. The lowest BCUT2D eigenvalue weighted by molar-refractivity contribution is -0.141. The molecule has 0 aliphatic rings. The number of hydrogen-bond acceptors (Lipinski definition) is 4. The fourth-order valence-corrected chi connectivity index (χ4v) is 3.24. The minimum absolute atomic E-state index is 0.180. The molecule has 0 aromatic carbocycles. The average molecular weight is 358 g/mol. The maximum atomic E-state index is 12.6. The second-order valence-electron chi connectivity index (χ2n) is 4.09. The van der Waals surface area contributed by atoms with Crippen LogP contribution in [-0.4, -0.2) is 47.9 Å². The third-order valence-electron chi connectivity index (χ3n) is 2.51. The van der Waals surface area contributed by atoms with Gasteiger partial charge in [-0.05, 0) is 19.1 Å². The van der Waals surface area contributed by atoms with Crippen molar-refractivity contribution in [2.45, 2.75) is 42.1 Å². The van der Waals surface area contributed by atoms with Gasteiger partial charge in [-0.15, -0.1) is 11.8 Å². The summed E-state index contributed by atoms with van der Waals surface area (Å²) in [6, 6.07) is 0. The molecular weight excluding hydrogens is 342 g/mol. The zero-order valence-electron chi connectivity index (χ0n) is 11.4. The van der Waals surface area contributed by atoms with E-state index >= 15 is 0 Å². The van der Waals surface area contributed by atoms with Gasteiger partial charge in [0.15, 0.2) is 0 Å². The maximum absolute atomic E-state index is 12.6. The normalized spacial score (nSPS) is 15.6. The highest BCUT2D eigenvalue weighted by molar-refractivity contribution is 8.00. The van der Waals surface area contributed by atoms with E-state index in [1.165, 1.54) is 6.26 Å². The second kappa shape index (κ2) is 9.02. The molecule has 0 rings (SSSR count). The quantitative estimate of drug-likeness (QED) is 0.478. The van der Waals surface area contributed by atoms with E-state index in [1.54, 1.807) is 0 Å². The first-order chi connectivity index (χ1) is 9.51. The summed E-state index contributed by atoms with van der Waals surface area (Å²) in [5.74, 6) is -1.19. The summed E-state index contributed by atoms with van der Waals surface area (Å²) >= 11 is 1.27. The molecule has 10 heteroatoms. The monoisotopic (exact) mass is 358 g/mol. The Hall–Kier alpha value is -0.250. The molecule has 0 spiro atoms. The summed E-state index contributed by atoms with van der Waals surface area (Å²) in [4.78, 5) is 11.4. The van der Waals surface area contributed by atoms with E-state index in [2.05, 4.69) is 4.74 Å². The van der Waals surface area contributed by atoms with Crippen molar-refractivity contribution in [2.75, 3.05) is 19.1 Å². The molecule has 0 bridgehead atoms. The Balaban J connectivity index is 4.47. The number of carbonyl (C=O) groups excluding carboxylic acids is 1. The van der Waals surface area contributed by atoms with Crippen LogP contribution in [0.1, 0.15) is 19.3 Å². The third-order valence-corrected chi connectivity index (χ3v) is 4.85. The van der Waals surface area contributed by atoms with Crippen molar-refractivity contribution in [1.82, 2.24) is 0 Å². The van der Waals surface area contributed by atoms with Crippen LogP contribution in [0.2, 0.25) is 0 Å². The van der Waals surface area contributed by atoms with Crippen molar-refractivity contribution in [3.8, 4) is 0 Å². The van der Waals surface area contributed by atoms with Crippen molar-refractivity contribution < 1.29 is 35.9 Å². The fraction of sp³-hybridized carbons (Fsp3) is 0.909. The first-order valence-electron chi connectivity index (χ1n) is 5.87. The molecule has 0 aliphatic heterocycles. The van der Waals surface area contributed by atoms with Crippen LogP contribution in [0.5, 0.6) is 0 Å². The van der Waals surface area contributed by atoms with Crippen molar-refractivity contribution in [3.63, 3.8) is 0 Å². The molecule has 0 radical (unpaired) electrons. The van der Waals surface area contributed by atoms with E-state index in [0.717, 1.165) is 7.11 Å². The van der Waals surface area contributed by atoms with Gasteiger partial charge in [0.25, 0.3) is 0 Å². The summed E-state index contributed by atoms with van der Waals surface area (Å²) in [5.41, 5.74) is 0. The van der Waals surface area contributed by atoms with Crippen LogP contribution in [-0.2, 0) is 9.53 Å². The average Bonchev–Trinajstić information content (AvgIpc) is 2.33. The van der Waals surface area contributed by atoms with Crippen LogP contribution in [0.25, 0.3) is 0 Å². The molecule has 2 unspecified atom stereocenters. The number of carbonyl (C=O) groups is 1. The van der Waals surface area contributed by atoms with Crippen LogP contribution in [0.4, 0.5) is 26.3 Å². The number of rotatable bonds is 8. The number of hydrogen-bond donors (Lipinski definition) is 0. The van der Waals surface area contributed by atoms with Crippen molar-refractivity contribution in [3.05, 3.63) is 0 Å². The lowest BCUT2D eigenvalue weighted by Crippen LogP contribution is -2.28. The minimum atomic E-state index is -4.41. The van der Waals surface area contributed by atoms with E-state index in [9.17, 15) is 31.1 Å². The number of alkyl halides is 6. The van der Waals surface area contributed by atoms with Gasteiger partial charge in [0.05, 0.1) is 13.5 Å². The summed E-state index contributed by atoms with van der Waals surface area (Å²) < 4.78 is 78.2. The van der Waals surface area contributed by atoms with E-state index in [1.807, 2.05) is 0 Å². The van der Waals surface area contributed by atoms with Gasteiger partial charge in [0.2, 0.25) is 0 Å². The molecule has 2 atom stereocenters. The highest BCUT2D eigenvalue weighted by atomic mass is 32.2. The smallest absolute Gasteiger partial charge is 0.400 e. The third kappa shape index (κ3) is 9.38. The Labute approximate surface area is 127 Å². The molecule has 0 aromatic heterocycles. The van der Waals surface area contributed by atoms with Gasteiger partial charge < -0.3 is 4.74 Å². The van der Waals surface area contributed by atoms with Gasteiger partial charge in [0, 0.05) is 5.75 Å². The van der Waals surface area contributed by atoms with E-state index in [-0.39, 0.29) is 18.6 Å². The van der Waals surface area contributed by atoms with Crippen LogP contribution in [0.3, 0.4) is 0 Å². The molecule has 0 saturated heterocycles. The molecule has 21 heavy (non-hydrogen) atoms. The Morgan fingerprint density at radius 2 is 1.71 bits per heavy atom. The van der Waals surface area contributed by atoms with E-state index < -0.39 is 35.2 Å². The molecule has 0 aliphatic carbocycles. The molecule has 126 valence electrons. The zero-order chi connectivity index (χ0) is 16.7. The molecule has 2 nitrogen and oxygen atoms in total. The lowest BCUT2D eigenvalue weighted by Gasteiger charge is -2.20. The SMILES string of the molecule is COC(=O)C(CCC(SC)C(F)(F)F)SCCC(F)(F)F. The summed E-state index contributed by atoms with van der Waals surface area (Å²) in [6.45, 7) is 0. The van der Waals surface area contributed by atoms with E-state index in [0.29, 0.717) is 23.5 Å². The minimum Gasteiger partial charge on any atom is -0.468 e. The first-order valence-corrected chi connectivity index (χ1v) is 8.20. The van der Waals surface area contributed by atoms with Gasteiger partial charge in [-0.3, -0.25) is 4.79 Å². The largest absolute Gasteiger partial charge is 0.468 e. The second-order valence-corrected chi connectivity index (χ2v) is 6.44. The Bertz CT molecular complexity index is 319. The van der Waals surface area contributed by atoms with Gasteiger partial charge >= 0.3 is 18.3 Å². The van der Waals surface area contributed by atoms with Gasteiger partial charge in [-0.25, -0.2) is 0 Å². The van der Waals surface area contributed by atoms with Crippen LogP contribution in [0, 0.1) is 0 Å². The van der Waals surface area contributed by atoms with Crippen LogP contribution < -0.4 is 0 Å². The number of ether oxygens (including phenoxy) is 1. The van der Waals surface area contributed by atoms with Gasteiger partial charge in [-0.2, -0.15) is 38.1 Å². The van der Waals surface area contributed by atoms with Gasteiger partial charge in [-0.1, -0.05) is 0 Å². The first kappa shape index (κ1) is 20.8. The van der Waals surface area contributed by atoms with Crippen LogP contribution >= 0.6 is 23.5 Å². The summed E-state index contributed by atoms with van der Waals surface area (Å²) in [6.07, 6.45) is -9.10. The zero-order valence-corrected chi connectivity index (χ0v) is 13.0.